The molecule has 0 radical (unpaired) electrons. The van der Waals surface area contributed by atoms with Gasteiger partial charge in [0.2, 0.25) is 5.91 Å². The normalized spacial score (nSPS) is 17.7. The summed E-state index contributed by atoms with van der Waals surface area (Å²) in [6.45, 7) is 3.97. The number of nitrogens with zero attached hydrogens (tertiary/aromatic N) is 2. The predicted molar refractivity (Wildman–Crippen MR) is 88.9 cm³/mol. The van der Waals surface area contributed by atoms with Crippen LogP contribution < -0.4 is 10.6 Å². The number of hydrogen-bond donors (Lipinski definition) is 3. The molecular weight excluding hydrogens is 290 g/mol. The van der Waals surface area contributed by atoms with E-state index in [1.807, 2.05) is 19.1 Å². The first-order valence-corrected chi connectivity index (χ1v) is 8.10. The molecule has 6 nitrogen and oxygen atoms in total. The lowest BCUT2D eigenvalue weighted by atomic mass is 9.95. The van der Waals surface area contributed by atoms with Gasteiger partial charge in [-0.15, -0.1) is 0 Å². The topological polar surface area (TPSA) is 82.7 Å². The summed E-state index contributed by atoms with van der Waals surface area (Å²) in [4.78, 5) is 17.0. The third kappa shape index (κ3) is 3.36. The Morgan fingerprint density at radius 3 is 2.57 bits per heavy atom. The van der Waals surface area contributed by atoms with Crippen LogP contribution >= 0.6 is 0 Å². The summed E-state index contributed by atoms with van der Waals surface area (Å²) in [6, 6.07) is 7.98. The standard InChI is InChI=1S/C17H23N5O/c1-12-5-7-14(8-6-12)21-17(9-3-4-10-17)16(23)20-13(2)15-18-11-19-22-15/h5-8,11,13,21H,3-4,9-10H2,1-2H3,(H,20,23)(H,18,19,22)/t13-/m1/s1. The van der Waals surface area contributed by atoms with Gasteiger partial charge in [-0.2, -0.15) is 5.10 Å². The fourth-order valence-electron chi connectivity index (χ4n) is 3.13. The summed E-state index contributed by atoms with van der Waals surface area (Å²) in [7, 11) is 0. The molecule has 1 aliphatic rings. The van der Waals surface area contributed by atoms with E-state index in [0.717, 1.165) is 31.4 Å². The minimum absolute atomic E-state index is 0.0273. The second-order valence-electron chi connectivity index (χ2n) is 6.35. The van der Waals surface area contributed by atoms with Crippen LogP contribution in [0.1, 0.15) is 50.0 Å². The molecule has 0 aliphatic heterocycles. The molecule has 0 saturated heterocycles. The van der Waals surface area contributed by atoms with Crippen molar-refractivity contribution >= 4 is 11.6 Å². The van der Waals surface area contributed by atoms with Crippen molar-refractivity contribution in [1.82, 2.24) is 20.5 Å². The van der Waals surface area contributed by atoms with E-state index in [-0.39, 0.29) is 11.9 Å². The van der Waals surface area contributed by atoms with Crippen LogP contribution in [-0.4, -0.2) is 26.6 Å². The Hall–Kier alpha value is -2.37. The average molecular weight is 313 g/mol. The minimum atomic E-state index is -0.538. The summed E-state index contributed by atoms with van der Waals surface area (Å²) in [6.07, 6.45) is 5.26. The Balaban J connectivity index is 1.74. The first-order chi connectivity index (χ1) is 11.1. The molecule has 0 bridgehead atoms. The van der Waals surface area contributed by atoms with Crippen LogP contribution in [0.2, 0.25) is 0 Å². The van der Waals surface area contributed by atoms with Gasteiger partial charge in [-0.1, -0.05) is 30.5 Å². The van der Waals surface area contributed by atoms with E-state index >= 15 is 0 Å². The first-order valence-electron chi connectivity index (χ1n) is 8.10. The van der Waals surface area contributed by atoms with Crippen molar-refractivity contribution in [1.29, 1.82) is 0 Å². The van der Waals surface area contributed by atoms with Crippen LogP contribution in [0, 0.1) is 6.92 Å². The van der Waals surface area contributed by atoms with E-state index in [1.165, 1.54) is 11.9 Å². The van der Waals surface area contributed by atoms with Gasteiger partial charge in [-0.3, -0.25) is 9.89 Å². The minimum Gasteiger partial charge on any atom is -0.371 e. The highest BCUT2D eigenvalue weighted by atomic mass is 16.2. The number of amides is 1. The number of anilines is 1. The molecule has 1 atom stereocenters. The lowest BCUT2D eigenvalue weighted by Crippen LogP contribution is -2.51. The Bertz CT molecular complexity index is 644. The van der Waals surface area contributed by atoms with Crippen molar-refractivity contribution in [3.63, 3.8) is 0 Å². The van der Waals surface area contributed by atoms with Gasteiger partial charge >= 0.3 is 0 Å². The number of H-pyrrole nitrogens is 1. The van der Waals surface area contributed by atoms with Crippen LogP contribution in [0.4, 0.5) is 5.69 Å². The highest BCUT2D eigenvalue weighted by Crippen LogP contribution is 2.34. The van der Waals surface area contributed by atoms with Gasteiger partial charge in [0.25, 0.3) is 0 Å². The number of carbonyl (C=O) groups is 1. The molecule has 1 fully saturated rings. The van der Waals surface area contributed by atoms with Crippen molar-refractivity contribution in [3.8, 4) is 0 Å². The maximum Gasteiger partial charge on any atom is 0.246 e. The van der Waals surface area contributed by atoms with Crippen LogP contribution in [0.3, 0.4) is 0 Å². The van der Waals surface area contributed by atoms with Gasteiger partial charge in [0.05, 0.1) is 6.04 Å². The zero-order valence-corrected chi connectivity index (χ0v) is 13.6. The summed E-state index contributed by atoms with van der Waals surface area (Å²) in [5.74, 6) is 0.696. The van der Waals surface area contributed by atoms with Gasteiger partial charge < -0.3 is 10.6 Å². The number of carbonyl (C=O) groups excluding carboxylic acids is 1. The number of benzene rings is 1. The third-order valence-corrected chi connectivity index (χ3v) is 4.52. The average Bonchev–Trinajstić information content (AvgIpc) is 3.21. The first kappa shape index (κ1) is 15.5. The molecule has 0 spiro atoms. The molecule has 6 heteroatoms. The molecule has 1 aromatic carbocycles. The number of aromatic nitrogens is 3. The maximum absolute atomic E-state index is 12.9. The van der Waals surface area contributed by atoms with Crippen molar-refractivity contribution in [3.05, 3.63) is 42.0 Å². The number of rotatable bonds is 5. The summed E-state index contributed by atoms with van der Waals surface area (Å²) in [5.41, 5.74) is 1.66. The Kier molecular flexibility index (Phi) is 4.32. The molecule has 1 aliphatic carbocycles. The van der Waals surface area contributed by atoms with E-state index in [1.54, 1.807) is 0 Å². The molecule has 1 saturated carbocycles. The van der Waals surface area contributed by atoms with Crippen molar-refractivity contribution in [2.45, 2.75) is 51.1 Å². The zero-order chi connectivity index (χ0) is 16.3. The third-order valence-electron chi connectivity index (χ3n) is 4.52. The lowest BCUT2D eigenvalue weighted by Gasteiger charge is -2.31. The smallest absolute Gasteiger partial charge is 0.246 e. The molecule has 0 unspecified atom stereocenters. The monoisotopic (exact) mass is 313 g/mol. The molecule has 1 amide bonds. The van der Waals surface area contributed by atoms with E-state index < -0.39 is 5.54 Å². The summed E-state index contributed by atoms with van der Waals surface area (Å²) in [5, 5.41) is 13.2. The Morgan fingerprint density at radius 1 is 1.26 bits per heavy atom. The van der Waals surface area contributed by atoms with Crippen LogP contribution in [0.15, 0.2) is 30.6 Å². The molecule has 1 aromatic heterocycles. The van der Waals surface area contributed by atoms with Crippen LogP contribution in [-0.2, 0) is 4.79 Å². The molecule has 3 N–H and O–H groups in total. The zero-order valence-electron chi connectivity index (χ0n) is 13.6. The van der Waals surface area contributed by atoms with E-state index in [2.05, 4.69) is 44.9 Å². The quantitative estimate of drug-likeness (QED) is 0.792. The van der Waals surface area contributed by atoms with Crippen molar-refractivity contribution < 1.29 is 4.79 Å². The van der Waals surface area contributed by atoms with Crippen molar-refractivity contribution in [2.75, 3.05) is 5.32 Å². The van der Waals surface area contributed by atoms with E-state index in [4.69, 9.17) is 0 Å². The predicted octanol–water partition coefficient (Wildman–Crippen LogP) is 2.72. The molecule has 3 rings (SSSR count). The van der Waals surface area contributed by atoms with E-state index in [0.29, 0.717) is 5.82 Å². The summed E-state index contributed by atoms with van der Waals surface area (Å²) < 4.78 is 0. The highest BCUT2D eigenvalue weighted by molar-refractivity contribution is 5.90. The van der Waals surface area contributed by atoms with Gasteiger partial charge in [0.1, 0.15) is 17.7 Å². The number of nitrogens with one attached hydrogen (secondary N) is 3. The SMILES string of the molecule is Cc1ccc(NC2(C(=O)N[C@H](C)c3ncn[nH]3)CCCC2)cc1. The number of hydrogen-bond acceptors (Lipinski definition) is 4. The number of aromatic amines is 1. The second kappa shape index (κ2) is 6.40. The molecule has 122 valence electrons. The molecule has 1 heterocycles. The van der Waals surface area contributed by atoms with E-state index in [9.17, 15) is 4.79 Å². The van der Waals surface area contributed by atoms with Crippen LogP contribution in [0.25, 0.3) is 0 Å². The second-order valence-corrected chi connectivity index (χ2v) is 6.35. The largest absolute Gasteiger partial charge is 0.371 e. The van der Waals surface area contributed by atoms with Crippen molar-refractivity contribution in [2.24, 2.45) is 0 Å². The molecule has 2 aromatic rings. The summed E-state index contributed by atoms with van der Waals surface area (Å²) >= 11 is 0. The van der Waals surface area contributed by atoms with Gasteiger partial charge in [0.15, 0.2) is 0 Å². The number of aryl methyl sites for hydroxylation is 1. The fraction of sp³-hybridized carbons (Fsp3) is 0.471. The molecular formula is C17H23N5O. The highest BCUT2D eigenvalue weighted by Gasteiger charge is 2.41. The lowest BCUT2D eigenvalue weighted by molar-refractivity contribution is -0.126. The maximum atomic E-state index is 12.9. The van der Waals surface area contributed by atoms with Crippen LogP contribution in [0.5, 0.6) is 0 Å². The van der Waals surface area contributed by atoms with Gasteiger partial charge in [-0.05, 0) is 38.8 Å². The van der Waals surface area contributed by atoms with Gasteiger partial charge in [-0.25, -0.2) is 4.98 Å². The Labute approximate surface area is 136 Å². The Morgan fingerprint density at radius 2 is 1.96 bits per heavy atom. The molecule has 23 heavy (non-hydrogen) atoms. The fourth-order valence-corrected chi connectivity index (χ4v) is 3.13. The van der Waals surface area contributed by atoms with Gasteiger partial charge in [0, 0.05) is 5.69 Å².